The van der Waals surface area contributed by atoms with Gasteiger partial charge in [0.25, 0.3) is 0 Å². The molecule has 0 amide bonds. The molecule has 0 N–H and O–H groups in total. The van der Waals surface area contributed by atoms with E-state index in [9.17, 15) is 0 Å². The van der Waals surface area contributed by atoms with E-state index >= 15 is 0 Å². The van der Waals surface area contributed by atoms with E-state index in [-0.39, 0.29) is 10.8 Å². The summed E-state index contributed by atoms with van der Waals surface area (Å²) in [5.74, 6) is 0. The number of fused-ring (bicyclic) bond motifs is 7. The molecule has 0 aromatic heterocycles. The van der Waals surface area contributed by atoms with Crippen LogP contribution in [0.2, 0.25) is 0 Å². The van der Waals surface area contributed by atoms with Crippen LogP contribution in [0.5, 0.6) is 0 Å². The lowest BCUT2D eigenvalue weighted by atomic mass is 9.79. The molecule has 1 nitrogen and oxygen atoms in total. The fraction of sp³-hybridized carbons (Fsp3) is 0.103. The van der Waals surface area contributed by atoms with Crippen LogP contribution in [0.4, 0.5) is 17.1 Å². The van der Waals surface area contributed by atoms with Gasteiger partial charge < -0.3 is 4.90 Å². The Labute approximate surface area is 347 Å². The summed E-state index contributed by atoms with van der Waals surface area (Å²) >= 11 is 0. The van der Waals surface area contributed by atoms with Gasteiger partial charge in [0, 0.05) is 27.9 Å². The zero-order valence-corrected chi connectivity index (χ0v) is 34.0. The molecule has 0 bridgehead atoms. The van der Waals surface area contributed by atoms with Gasteiger partial charge in [0.1, 0.15) is 0 Å². The van der Waals surface area contributed by atoms with Gasteiger partial charge in [-0.2, -0.15) is 0 Å². The Bertz CT molecular complexity index is 3070. The fourth-order valence-electron chi connectivity index (χ4n) is 10.3. The van der Waals surface area contributed by atoms with Crippen LogP contribution in [-0.2, 0) is 10.8 Å². The molecule has 0 spiro atoms. The summed E-state index contributed by atoms with van der Waals surface area (Å²) in [5.41, 5.74) is 21.7. The molecule has 1 heteroatoms. The molecule has 0 saturated heterocycles. The monoisotopic (exact) mass is 755 g/mol. The van der Waals surface area contributed by atoms with Crippen LogP contribution in [0.15, 0.2) is 200 Å². The second-order valence-corrected chi connectivity index (χ2v) is 17.3. The highest BCUT2D eigenvalue weighted by atomic mass is 15.1. The smallest absolute Gasteiger partial charge is 0.0462 e. The van der Waals surface area contributed by atoms with Gasteiger partial charge in [0.05, 0.1) is 0 Å². The lowest BCUT2D eigenvalue weighted by Gasteiger charge is -2.27. The van der Waals surface area contributed by atoms with Gasteiger partial charge >= 0.3 is 0 Å². The first-order chi connectivity index (χ1) is 28.8. The second-order valence-electron chi connectivity index (χ2n) is 17.3. The van der Waals surface area contributed by atoms with Gasteiger partial charge in [-0.3, -0.25) is 0 Å². The molecule has 0 fully saturated rings. The van der Waals surface area contributed by atoms with Crippen molar-refractivity contribution in [3.8, 4) is 55.6 Å². The third kappa shape index (κ3) is 5.53. The molecule has 9 aromatic carbocycles. The summed E-state index contributed by atoms with van der Waals surface area (Å²) in [7, 11) is 0. The zero-order valence-electron chi connectivity index (χ0n) is 34.0. The van der Waals surface area contributed by atoms with E-state index in [4.69, 9.17) is 0 Å². The van der Waals surface area contributed by atoms with Crippen molar-refractivity contribution in [2.75, 3.05) is 4.90 Å². The van der Waals surface area contributed by atoms with Gasteiger partial charge in [-0.15, -0.1) is 0 Å². The second kappa shape index (κ2) is 13.3. The summed E-state index contributed by atoms with van der Waals surface area (Å²) in [4.78, 5) is 2.39. The predicted octanol–water partition coefficient (Wildman–Crippen LogP) is 15.9. The van der Waals surface area contributed by atoms with Gasteiger partial charge in [0.15, 0.2) is 0 Å². The Morgan fingerprint density at radius 3 is 1.42 bits per heavy atom. The normalized spacial score (nSPS) is 14.0. The minimum atomic E-state index is -0.0840. The summed E-state index contributed by atoms with van der Waals surface area (Å²) < 4.78 is 0. The van der Waals surface area contributed by atoms with Crippen LogP contribution in [0.25, 0.3) is 66.4 Å². The van der Waals surface area contributed by atoms with Crippen LogP contribution in [0.3, 0.4) is 0 Å². The maximum absolute atomic E-state index is 2.41. The van der Waals surface area contributed by atoms with E-state index in [1.165, 1.54) is 88.7 Å². The Morgan fingerprint density at radius 2 is 0.746 bits per heavy atom. The average molecular weight is 756 g/mol. The number of rotatable bonds is 6. The minimum Gasteiger partial charge on any atom is -0.311 e. The van der Waals surface area contributed by atoms with Crippen LogP contribution in [-0.4, -0.2) is 0 Å². The summed E-state index contributed by atoms with van der Waals surface area (Å²) in [5, 5.41) is 2.52. The largest absolute Gasteiger partial charge is 0.311 e. The minimum absolute atomic E-state index is 0.0391. The average Bonchev–Trinajstić information content (AvgIpc) is 3.66. The lowest BCUT2D eigenvalue weighted by molar-refractivity contribution is 0.660. The van der Waals surface area contributed by atoms with Crippen molar-refractivity contribution in [3.05, 3.63) is 222 Å². The van der Waals surface area contributed by atoms with Crippen LogP contribution in [0.1, 0.15) is 49.9 Å². The van der Waals surface area contributed by atoms with Gasteiger partial charge in [0.2, 0.25) is 0 Å². The van der Waals surface area contributed by atoms with Gasteiger partial charge in [-0.05, 0) is 131 Å². The van der Waals surface area contributed by atoms with Crippen molar-refractivity contribution in [1.29, 1.82) is 0 Å². The highest BCUT2D eigenvalue weighted by Crippen LogP contribution is 2.53. The van der Waals surface area contributed by atoms with E-state index < -0.39 is 0 Å². The topological polar surface area (TPSA) is 3.24 Å². The maximum atomic E-state index is 2.41. The van der Waals surface area contributed by atoms with Gasteiger partial charge in [-0.25, -0.2) is 0 Å². The Hall–Kier alpha value is -6.96. The van der Waals surface area contributed by atoms with Crippen molar-refractivity contribution in [1.82, 2.24) is 0 Å². The first-order valence-corrected chi connectivity index (χ1v) is 20.8. The van der Waals surface area contributed by atoms with E-state index in [0.717, 1.165) is 17.1 Å². The lowest BCUT2D eigenvalue weighted by Crippen LogP contribution is -2.16. The molecule has 0 heterocycles. The van der Waals surface area contributed by atoms with E-state index in [2.05, 4.69) is 233 Å². The maximum Gasteiger partial charge on any atom is 0.0462 e. The zero-order chi connectivity index (χ0) is 39.9. The van der Waals surface area contributed by atoms with Crippen LogP contribution in [0, 0.1) is 0 Å². The number of hydrogen-bond donors (Lipinski definition) is 0. The van der Waals surface area contributed by atoms with Crippen LogP contribution < -0.4 is 4.90 Å². The summed E-state index contributed by atoms with van der Waals surface area (Å²) in [6.07, 6.45) is 0. The molecule has 0 unspecified atom stereocenters. The summed E-state index contributed by atoms with van der Waals surface area (Å²) in [6, 6.07) is 74.2. The van der Waals surface area contributed by atoms with Crippen LogP contribution >= 0.6 is 0 Å². The van der Waals surface area contributed by atoms with Crippen molar-refractivity contribution in [2.45, 2.75) is 38.5 Å². The number of benzene rings is 9. The SMILES string of the molecule is CC1(C)c2ccccc2-c2ccc(-c3ccc(N(c4ccc(-c5cccc6c5C(C)(C)c5ccccc5-6)cc4)c4ccc(-c5cccc6ccccc56)cc4)cc3)cc21. The van der Waals surface area contributed by atoms with E-state index in [0.29, 0.717) is 0 Å². The van der Waals surface area contributed by atoms with Gasteiger partial charge in [-0.1, -0.05) is 185 Å². The van der Waals surface area contributed by atoms with E-state index in [1.54, 1.807) is 0 Å². The molecular weight excluding hydrogens is 711 g/mol. The molecule has 9 aromatic rings. The highest BCUT2D eigenvalue weighted by molar-refractivity contribution is 5.97. The Balaban J connectivity index is 0.982. The third-order valence-corrected chi connectivity index (χ3v) is 13.3. The molecule has 0 saturated carbocycles. The number of hydrogen-bond acceptors (Lipinski definition) is 1. The molecule has 11 rings (SSSR count). The first kappa shape index (κ1) is 35.2. The molecule has 0 atom stereocenters. The molecule has 0 aliphatic heterocycles. The number of anilines is 3. The molecule has 59 heavy (non-hydrogen) atoms. The molecule has 2 aliphatic rings. The van der Waals surface area contributed by atoms with Crippen molar-refractivity contribution >= 4 is 27.8 Å². The summed E-state index contributed by atoms with van der Waals surface area (Å²) in [6.45, 7) is 9.44. The molecule has 2 aliphatic carbocycles. The molecular formula is C58H45N. The standard InChI is InChI=1S/C58H45N/c1-57(2)53-21-9-7-16-49(53)51-36-29-42(37-55(51)57)38-23-30-43(31-24-38)59(44-32-25-40(26-33-44)47-18-11-14-39-13-5-6-15-46(39)47)45-34-27-41(28-35-45)48-19-12-20-52-50-17-8-10-22-54(50)58(3,4)56(48)52/h5-37H,1-4H3. The van der Waals surface area contributed by atoms with E-state index in [1.807, 2.05) is 0 Å². The van der Waals surface area contributed by atoms with Crippen molar-refractivity contribution in [2.24, 2.45) is 0 Å². The van der Waals surface area contributed by atoms with Crippen molar-refractivity contribution < 1.29 is 0 Å². The van der Waals surface area contributed by atoms with Crippen molar-refractivity contribution in [3.63, 3.8) is 0 Å². The first-order valence-electron chi connectivity index (χ1n) is 20.8. The Morgan fingerprint density at radius 1 is 0.305 bits per heavy atom. The fourth-order valence-corrected chi connectivity index (χ4v) is 10.3. The third-order valence-electron chi connectivity index (χ3n) is 13.3. The number of nitrogens with zero attached hydrogens (tertiary/aromatic N) is 1. The molecule has 282 valence electrons. The quantitative estimate of drug-likeness (QED) is 0.163. The molecule has 0 radical (unpaired) electrons. The highest BCUT2D eigenvalue weighted by Gasteiger charge is 2.37. The Kier molecular flexibility index (Phi) is 7.94. The predicted molar refractivity (Wildman–Crippen MR) is 250 cm³/mol.